The lowest BCUT2D eigenvalue weighted by atomic mass is 10.1. The number of carbonyl (C=O) groups is 2. The maximum absolute atomic E-state index is 12.8. The predicted octanol–water partition coefficient (Wildman–Crippen LogP) is 3.31. The van der Waals surface area contributed by atoms with E-state index in [1.165, 1.54) is 4.90 Å². The first-order chi connectivity index (χ1) is 13.9. The van der Waals surface area contributed by atoms with E-state index in [9.17, 15) is 9.59 Å². The van der Waals surface area contributed by atoms with Crippen molar-refractivity contribution in [3.8, 4) is 11.4 Å². The Morgan fingerprint density at radius 2 is 1.90 bits per heavy atom. The monoisotopic (exact) mass is 409 g/mol. The molecular weight excluding hydrogens is 386 g/mol. The van der Waals surface area contributed by atoms with Gasteiger partial charge in [-0.2, -0.15) is 0 Å². The highest BCUT2D eigenvalue weighted by Gasteiger charge is 2.32. The summed E-state index contributed by atoms with van der Waals surface area (Å²) in [7, 11) is 0. The highest BCUT2D eigenvalue weighted by molar-refractivity contribution is 7.80. The lowest BCUT2D eigenvalue weighted by molar-refractivity contribution is -0.128. The third-order valence-electron chi connectivity index (χ3n) is 4.67. The maximum atomic E-state index is 12.8. The Bertz CT molecular complexity index is 1020. The Labute approximate surface area is 175 Å². The number of benzene rings is 1. The van der Waals surface area contributed by atoms with Gasteiger partial charge in [0.05, 0.1) is 6.61 Å². The first-order valence-corrected chi connectivity index (χ1v) is 9.70. The number of hydrogen-bond donors (Lipinski definition) is 1. The molecular formula is C22H23N3O3S. The lowest BCUT2D eigenvalue weighted by Gasteiger charge is -2.27. The van der Waals surface area contributed by atoms with Crippen molar-refractivity contribution in [3.05, 3.63) is 65.5 Å². The van der Waals surface area contributed by atoms with Crippen molar-refractivity contribution in [2.45, 2.75) is 20.8 Å². The number of aryl methyl sites for hydroxylation is 1. The number of aromatic nitrogens is 1. The molecule has 2 aromatic rings. The summed E-state index contributed by atoms with van der Waals surface area (Å²) in [5.74, 6) is -0.112. The summed E-state index contributed by atoms with van der Waals surface area (Å²) >= 11 is 5.09. The first kappa shape index (κ1) is 20.5. The van der Waals surface area contributed by atoms with E-state index in [1.54, 1.807) is 12.2 Å². The number of ether oxygens (including phenoxy) is 1. The van der Waals surface area contributed by atoms with Crippen molar-refractivity contribution < 1.29 is 14.3 Å². The predicted molar refractivity (Wildman–Crippen MR) is 117 cm³/mol. The standard InChI is InChI=1S/C22H23N3O3S/c1-5-11-24-21(27)19(20(26)23-22(24)29)13-16-12-14(3)25(15(16)4)17-7-9-18(10-8-17)28-6-2/h5,7-10,12-13H,1,6,11H2,2-4H3,(H,23,26,29)/b19-13+. The van der Waals surface area contributed by atoms with Crippen LogP contribution in [-0.2, 0) is 9.59 Å². The molecule has 6 nitrogen and oxygen atoms in total. The molecule has 2 heterocycles. The molecule has 2 amide bonds. The molecule has 1 aliphatic heterocycles. The van der Waals surface area contributed by atoms with Gasteiger partial charge >= 0.3 is 0 Å². The molecule has 0 radical (unpaired) electrons. The molecule has 1 fully saturated rings. The largest absolute Gasteiger partial charge is 0.494 e. The Morgan fingerprint density at radius 1 is 1.21 bits per heavy atom. The van der Waals surface area contributed by atoms with Crippen molar-refractivity contribution >= 4 is 35.2 Å². The average molecular weight is 410 g/mol. The summed E-state index contributed by atoms with van der Waals surface area (Å²) in [5.41, 5.74) is 3.72. The number of carbonyl (C=O) groups excluding carboxylic acids is 2. The van der Waals surface area contributed by atoms with Gasteiger partial charge in [-0.25, -0.2) is 0 Å². The SMILES string of the molecule is C=CCN1C(=O)/C(=C/c2cc(C)n(-c3ccc(OCC)cc3)c2C)C(=O)NC1=S. The first-order valence-electron chi connectivity index (χ1n) is 9.29. The normalized spacial score (nSPS) is 15.6. The fourth-order valence-electron chi connectivity index (χ4n) is 3.33. The molecule has 0 spiro atoms. The van der Waals surface area contributed by atoms with Gasteiger partial charge in [-0.3, -0.25) is 19.8 Å². The number of nitrogens with zero attached hydrogens (tertiary/aromatic N) is 2. The summed E-state index contributed by atoms with van der Waals surface area (Å²) in [6.45, 7) is 10.4. The van der Waals surface area contributed by atoms with E-state index < -0.39 is 11.8 Å². The minimum absolute atomic E-state index is 0.0485. The second-order valence-electron chi connectivity index (χ2n) is 6.61. The molecule has 1 aromatic carbocycles. The van der Waals surface area contributed by atoms with Crippen LogP contribution in [0.15, 0.2) is 48.6 Å². The molecule has 0 aliphatic carbocycles. The van der Waals surface area contributed by atoms with Crippen molar-refractivity contribution in [2.75, 3.05) is 13.2 Å². The molecule has 1 N–H and O–H groups in total. The van der Waals surface area contributed by atoms with Gasteiger partial charge in [0, 0.05) is 23.6 Å². The van der Waals surface area contributed by atoms with Crippen LogP contribution >= 0.6 is 12.2 Å². The molecule has 0 saturated carbocycles. The van der Waals surface area contributed by atoms with Crippen LogP contribution in [-0.4, -0.2) is 39.5 Å². The zero-order valence-corrected chi connectivity index (χ0v) is 17.5. The fourth-order valence-corrected chi connectivity index (χ4v) is 3.58. The molecule has 7 heteroatoms. The molecule has 29 heavy (non-hydrogen) atoms. The lowest BCUT2D eigenvalue weighted by Crippen LogP contribution is -2.53. The number of amides is 2. The van der Waals surface area contributed by atoms with Crippen LogP contribution < -0.4 is 10.1 Å². The summed E-state index contributed by atoms with van der Waals surface area (Å²) < 4.78 is 7.57. The topological polar surface area (TPSA) is 63.6 Å². The minimum atomic E-state index is -0.494. The third-order valence-corrected chi connectivity index (χ3v) is 5.00. The van der Waals surface area contributed by atoms with Crippen LogP contribution in [0.25, 0.3) is 11.8 Å². The van der Waals surface area contributed by atoms with Crippen LogP contribution in [0.3, 0.4) is 0 Å². The van der Waals surface area contributed by atoms with Crippen molar-refractivity contribution in [1.29, 1.82) is 0 Å². The molecule has 1 saturated heterocycles. The van der Waals surface area contributed by atoms with E-state index in [4.69, 9.17) is 17.0 Å². The zero-order chi connectivity index (χ0) is 21.1. The number of hydrogen-bond acceptors (Lipinski definition) is 4. The molecule has 0 atom stereocenters. The second-order valence-corrected chi connectivity index (χ2v) is 7.00. The van der Waals surface area contributed by atoms with Gasteiger partial charge in [0.1, 0.15) is 11.3 Å². The molecule has 3 rings (SSSR count). The highest BCUT2D eigenvalue weighted by atomic mass is 32.1. The van der Waals surface area contributed by atoms with Crippen molar-refractivity contribution in [1.82, 2.24) is 14.8 Å². The van der Waals surface area contributed by atoms with Gasteiger partial charge in [-0.1, -0.05) is 6.08 Å². The Balaban J connectivity index is 1.99. The molecule has 1 aliphatic rings. The Kier molecular flexibility index (Phi) is 5.98. The summed E-state index contributed by atoms with van der Waals surface area (Å²) in [6, 6.07) is 9.74. The summed E-state index contributed by atoms with van der Waals surface area (Å²) in [6.07, 6.45) is 3.18. The van der Waals surface area contributed by atoms with Gasteiger partial charge in [0.2, 0.25) is 0 Å². The number of nitrogens with one attached hydrogen (secondary N) is 1. The van der Waals surface area contributed by atoms with Crippen LogP contribution in [0.5, 0.6) is 5.75 Å². The van der Waals surface area contributed by atoms with Crippen LogP contribution in [0.2, 0.25) is 0 Å². The highest BCUT2D eigenvalue weighted by Crippen LogP contribution is 2.25. The van der Waals surface area contributed by atoms with Gasteiger partial charge in [0.25, 0.3) is 11.8 Å². The summed E-state index contributed by atoms with van der Waals surface area (Å²) in [5, 5.41) is 2.66. The summed E-state index contributed by atoms with van der Waals surface area (Å²) in [4.78, 5) is 26.5. The van der Waals surface area contributed by atoms with E-state index >= 15 is 0 Å². The molecule has 0 bridgehead atoms. The van der Waals surface area contributed by atoms with Gasteiger partial charge in [-0.15, -0.1) is 6.58 Å². The quantitative estimate of drug-likeness (QED) is 0.344. The van der Waals surface area contributed by atoms with Crippen LogP contribution in [0.1, 0.15) is 23.9 Å². The Hall–Kier alpha value is -3.19. The van der Waals surface area contributed by atoms with Gasteiger partial charge in [0.15, 0.2) is 5.11 Å². The van der Waals surface area contributed by atoms with Crippen molar-refractivity contribution in [2.24, 2.45) is 0 Å². The minimum Gasteiger partial charge on any atom is -0.494 e. The second kappa shape index (κ2) is 8.45. The average Bonchev–Trinajstić information content (AvgIpc) is 2.96. The van der Waals surface area contributed by atoms with E-state index in [1.807, 2.05) is 51.1 Å². The Morgan fingerprint density at radius 3 is 2.52 bits per heavy atom. The zero-order valence-electron chi connectivity index (χ0n) is 16.7. The number of rotatable bonds is 6. The molecule has 1 aromatic heterocycles. The van der Waals surface area contributed by atoms with Crippen LogP contribution in [0, 0.1) is 13.8 Å². The smallest absolute Gasteiger partial charge is 0.265 e. The molecule has 0 unspecified atom stereocenters. The van der Waals surface area contributed by atoms with Crippen LogP contribution in [0.4, 0.5) is 0 Å². The van der Waals surface area contributed by atoms with E-state index in [2.05, 4.69) is 16.5 Å². The van der Waals surface area contributed by atoms with Crippen molar-refractivity contribution in [3.63, 3.8) is 0 Å². The number of thiocarbonyl (C=S) groups is 1. The third kappa shape index (κ3) is 4.00. The van der Waals surface area contributed by atoms with Gasteiger partial charge < -0.3 is 9.30 Å². The van der Waals surface area contributed by atoms with E-state index in [-0.39, 0.29) is 17.2 Å². The van der Waals surface area contributed by atoms with Gasteiger partial charge in [-0.05, 0) is 75.0 Å². The maximum Gasteiger partial charge on any atom is 0.265 e. The molecule has 150 valence electrons. The van der Waals surface area contributed by atoms with E-state index in [0.717, 1.165) is 28.4 Å². The van der Waals surface area contributed by atoms with E-state index in [0.29, 0.717) is 6.61 Å². The fraction of sp³-hybridized carbons (Fsp3) is 0.227.